The third-order valence-electron chi connectivity index (χ3n) is 3.72. The summed E-state index contributed by atoms with van der Waals surface area (Å²) in [4.78, 5) is 12.0. The molecular formula is C13H15NO2. The van der Waals surface area contributed by atoms with Gasteiger partial charge in [0.25, 0.3) is 0 Å². The average molecular weight is 217 g/mol. The van der Waals surface area contributed by atoms with E-state index in [9.17, 15) is 4.79 Å². The first kappa shape index (κ1) is 9.85. The Balaban J connectivity index is 1.70. The number of rotatable bonds is 3. The number of aliphatic hydroxyl groups excluding tert-OH is 1. The molecule has 16 heavy (non-hydrogen) atoms. The highest BCUT2D eigenvalue weighted by atomic mass is 16.3. The van der Waals surface area contributed by atoms with Gasteiger partial charge in [-0.3, -0.25) is 4.79 Å². The van der Waals surface area contributed by atoms with E-state index >= 15 is 0 Å². The molecule has 1 atom stereocenters. The van der Waals surface area contributed by atoms with Gasteiger partial charge in [0.1, 0.15) is 0 Å². The molecule has 1 unspecified atom stereocenters. The number of carbonyl (C=O) groups is 1. The van der Waals surface area contributed by atoms with Crippen molar-refractivity contribution in [3.8, 4) is 0 Å². The highest BCUT2D eigenvalue weighted by Crippen LogP contribution is 2.39. The first-order valence-corrected chi connectivity index (χ1v) is 5.75. The highest BCUT2D eigenvalue weighted by molar-refractivity contribution is 5.87. The fourth-order valence-corrected chi connectivity index (χ4v) is 2.31. The van der Waals surface area contributed by atoms with Crippen LogP contribution in [0.5, 0.6) is 0 Å². The topological polar surface area (TPSA) is 49.3 Å². The first-order chi connectivity index (χ1) is 7.74. The number of nitrogens with one attached hydrogen (secondary N) is 1. The van der Waals surface area contributed by atoms with Crippen LogP contribution in [-0.4, -0.2) is 23.2 Å². The van der Waals surface area contributed by atoms with Gasteiger partial charge >= 0.3 is 0 Å². The Labute approximate surface area is 94.5 Å². The molecule has 84 valence electrons. The van der Waals surface area contributed by atoms with Crippen molar-refractivity contribution in [1.29, 1.82) is 0 Å². The molecule has 3 nitrogen and oxygen atoms in total. The third kappa shape index (κ3) is 1.43. The van der Waals surface area contributed by atoms with Gasteiger partial charge in [0.2, 0.25) is 5.91 Å². The van der Waals surface area contributed by atoms with E-state index in [4.69, 9.17) is 5.11 Å². The molecule has 0 heterocycles. The van der Waals surface area contributed by atoms with Crippen molar-refractivity contribution in [2.24, 2.45) is 0 Å². The quantitative estimate of drug-likeness (QED) is 0.792. The van der Waals surface area contributed by atoms with E-state index in [-0.39, 0.29) is 24.0 Å². The number of aliphatic hydroxyl groups is 1. The second-order valence-corrected chi connectivity index (χ2v) is 4.88. The zero-order chi connectivity index (χ0) is 11.2. The minimum Gasteiger partial charge on any atom is -0.394 e. The molecule has 2 aliphatic rings. The van der Waals surface area contributed by atoms with Crippen LogP contribution in [0.25, 0.3) is 0 Å². The van der Waals surface area contributed by atoms with Gasteiger partial charge in [-0.2, -0.15) is 0 Å². The SMILES string of the molecule is O=C(NC1(CO)CC1)C1Cc2ccccc21. The second-order valence-electron chi connectivity index (χ2n) is 4.88. The minimum absolute atomic E-state index is 0.000208. The Morgan fingerprint density at radius 3 is 2.81 bits per heavy atom. The van der Waals surface area contributed by atoms with Crippen LogP contribution in [0.2, 0.25) is 0 Å². The fraction of sp³-hybridized carbons (Fsp3) is 0.462. The minimum atomic E-state index is -0.290. The van der Waals surface area contributed by atoms with Crippen molar-refractivity contribution in [2.45, 2.75) is 30.7 Å². The molecule has 3 rings (SSSR count). The molecule has 0 spiro atoms. The van der Waals surface area contributed by atoms with E-state index in [0.29, 0.717) is 0 Å². The smallest absolute Gasteiger partial charge is 0.228 e. The van der Waals surface area contributed by atoms with Gasteiger partial charge in [0, 0.05) is 0 Å². The molecule has 1 saturated carbocycles. The zero-order valence-corrected chi connectivity index (χ0v) is 9.07. The summed E-state index contributed by atoms with van der Waals surface area (Å²) in [5.41, 5.74) is 2.13. The molecule has 0 radical (unpaired) electrons. The molecule has 1 amide bonds. The predicted octanol–water partition coefficient (Wildman–Crippen LogP) is 0.967. The van der Waals surface area contributed by atoms with Crippen LogP contribution in [0, 0.1) is 0 Å². The summed E-state index contributed by atoms with van der Waals surface area (Å²) in [5.74, 6) is 0.0745. The van der Waals surface area contributed by atoms with Crippen LogP contribution in [0.3, 0.4) is 0 Å². The normalized spacial score (nSPS) is 24.2. The lowest BCUT2D eigenvalue weighted by molar-refractivity contribution is -0.124. The molecule has 0 aliphatic heterocycles. The second kappa shape index (κ2) is 3.32. The maximum absolute atomic E-state index is 12.0. The van der Waals surface area contributed by atoms with E-state index in [1.165, 1.54) is 5.56 Å². The van der Waals surface area contributed by atoms with E-state index in [2.05, 4.69) is 11.4 Å². The van der Waals surface area contributed by atoms with E-state index in [1.807, 2.05) is 18.2 Å². The van der Waals surface area contributed by atoms with Crippen LogP contribution in [0.1, 0.15) is 29.9 Å². The monoisotopic (exact) mass is 217 g/mol. The Bertz CT molecular complexity index is 437. The maximum atomic E-state index is 12.0. The van der Waals surface area contributed by atoms with Gasteiger partial charge in [-0.15, -0.1) is 0 Å². The summed E-state index contributed by atoms with van der Waals surface area (Å²) in [6.07, 6.45) is 2.65. The standard InChI is InChI=1S/C13H15NO2/c15-8-13(5-6-13)14-12(16)11-7-9-3-1-2-4-10(9)11/h1-4,11,15H,5-8H2,(H,14,16). The van der Waals surface area contributed by atoms with E-state index < -0.39 is 0 Å². The lowest BCUT2D eigenvalue weighted by Crippen LogP contribution is -2.44. The predicted molar refractivity (Wildman–Crippen MR) is 60.1 cm³/mol. The maximum Gasteiger partial charge on any atom is 0.228 e. The number of amides is 1. The highest BCUT2D eigenvalue weighted by Gasteiger charge is 2.45. The van der Waals surface area contributed by atoms with Crippen LogP contribution in [-0.2, 0) is 11.2 Å². The van der Waals surface area contributed by atoms with Crippen molar-refractivity contribution in [3.63, 3.8) is 0 Å². The third-order valence-corrected chi connectivity index (χ3v) is 3.72. The fourth-order valence-electron chi connectivity index (χ4n) is 2.31. The molecule has 1 aromatic rings. The first-order valence-electron chi connectivity index (χ1n) is 5.75. The van der Waals surface area contributed by atoms with Gasteiger partial charge in [0.15, 0.2) is 0 Å². The van der Waals surface area contributed by atoms with Gasteiger partial charge in [-0.1, -0.05) is 24.3 Å². The molecular weight excluding hydrogens is 202 g/mol. The molecule has 0 bridgehead atoms. The van der Waals surface area contributed by atoms with Gasteiger partial charge < -0.3 is 10.4 Å². The molecule has 2 aliphatic carbocycles. The Morgan fingerprint density at radius 1 is 1.44 bits per heavy atom. The Kier molecular flexibility index (Phi) is 2.04. The van der Waals surface area contributed by atoms with Crippen LogP contribution in [0.4, 0.5) is 0 Å². The summed E-state index contributed by atoms with van der Waals surface area (Å²) in [5, 5.41) is 12.1. The molecule has 1 aromatic carbocycles. The van der Waals surface area contributed by atoms with Crippen LogP contribution < -0.4 is 5.32 Å². The Hall–Kier alpha value is -1.35. The summed E-state index contributed by atoms with van der Waals surface area (Å²) in [6, 6.07) is 8.06. The molecule has 3 heteroatoms. The number of hydrogen-bond acceptors (Lipinski definition) is 2. The number of benzene rings is 1. The summed E-state index contributed by atoms with van der Waals surface area (Å²) in [6.45, 7) is 0.0626. The molecule has 0 aromatic heterocycles. The molecule has 1 fully saturated rings. The number of carbonyl (C=O) groups excluding carboxylic acids is 1. The molecule has 2 N–H and O–H groups in total. The van der Waals surface area contributed by atoms with Gasteiger partial charge in [0.05, 0.1) is 18.1 Å². The largest absolute Gasteiger partial charge is 0.394 e. The lowest BCUT2D eigenvalue weighted by Gasteiger charge is -2.30. The summed E-state index contributed by atoms with van der Waals surface area (Å²) >= 11 is 0. The Morgan fingerprint density at radius 2 is 2.19 bits per heavy atom. The number of fused-ring (bicyclic) bond motifs is 1. The van der Waals surface area contributed by atoms with Gasteiger partial charge in [-0.05, 0) is 30.4 Å². The van der Waals surface area contributed by atoms with E-state index in [0.717, 1.165) is 24.8 Å². The molecule has 0 saturated heterocycles. The zero-order valence-electron chi connectivity index (χ0n) is 9.07. The van der Waals surface area contributed by atoms with Crippen molar-refractivity contribution in [3.05, 3.63) is 35.4 Å². The van der Waals surface area contributed by atoms with E-state index in [1.54, 1.807) is 0 Å². The lowest BCUT2D eigenvalue weighted by atomic mass is 9.77. The van der Waals surface area contributed by atoms with Crippen molar-refractivity contribution < 1.29 is 9.90 Å². The summed E-state index contributed by atoms with van der Waals surface area (Å²) < 4.78 is 0. The van der Waals surface area contributed by atoms with Crippen LogP contribution in [0.15, 0.2) is 24.3 Å². The van der Waals surface area contributed by atoms with Crippen molar-refractivity contribution >= 4 is 5.91 Å². The summed E-state index contributed by atoms with van der Waals surface area (Å²) in [7, 11) is 0. The number of hydrogen-bond donors (Lipinski definition) is 2. The average Bonchev–Trinajstić information content (AvgIpc) is 3.00. The van der Waals surface area contributed by atoms with Crippen molar-refractivity contribution in [2.75, 3.05) is 6.61 Å². The van der Waals surface area contributed by atoms with Crippen molar-refractivity contribution in [1.82, 2.24) is 5.32 Å². The van der Waals surface area contributed by atoms with Gasteiger partial charge in [-0.25, -0.2) is 0 Å². The van der Waals surface area contributed by atoms with Crippen LogP contribution >= 0.6 is 0 Å².